The number of piperidine rings is 1. The summed E-state index contributed by atoms with van der Waals surface area (Å²) in [5.41, 5.74) is 0.166. The Kier molecular flexibility index (Phi) is 4.58. The highest BCUT2D eigenvalue weighted by Crippen LogP contribution is 2.34. The predicted octanol–water partition coefficient (Wildman–Crippen LogP) is 1.32. The first-order chi connectivity index (χ1) is 8.89. The molecule has 2 N–H and O–H groups in total. The minimum Gasteiger partial charge on any atom is -0.317 e. The van der Waals surface area contributed by atoms with Crippen LogP contribution in [0, 0.1) is 5.41 Å². The zero-order chi connectivity index (χ0) is 14.0. The number of hydrogen-bond acceptors (Lipinski definition) is 4. The van der Waals surface area contributed by atoms with E-state index in [2.05, 4.69) is 24.5 Å². The van der Waals surface area contributed by atoms with Gasteiger partial charge in [0.05, 0.1) is 11.5 Å². The Morgan fingerprint density at radius 3 is 2.42 bits per heavy atom. The van der Waals surface area contributed by atoms with Crippen LogP contribution in [0.4, 0.5) is 0 Å². The maximum absolute atomic E-state index is 11.7. The molecule has 2 saturated heterocycles. The summed E-state index contributed by atoms with van der Waals surface area (Å²) < 4.78 is 23.3. The first-order valence-corrected chi connectivity index (χ1v) is 9.37. The Balaban J connectivity index is 1.95. The highest BCUT2D eigenvalue weighted by Gasteiger charge is 2.40. The summed E-state index contributed by atoms with van der Waals surface area (Å²) in [7, 11) is -2.81. The number of rotatable bonds is 5. The van der Waals surface area contributed by atoms with E-state index in [0.717, 1.165) is 26.1 Å². The van der Waals surface area contributed by atoms with E-state index in [0.29, 0.717) is 16.9 Å². The molecule has 0 saturated carbocycles. The van der Waals surface area contributed by atoms with Crippen molar-refractivity contribution in [3.63, 3.8) is 0 Å². The fraction of sp³-hybridized carbons (Fsp3) is 1.00. The zero-order valence-electron chi connectivity index (χ0n) is 12.3. The lowest BCUT2D eigenvalue weighted by molar-refractivity contribution is 0.159. The quantitative estimate of drug-likeness (QED) is 0.801. The molecule has 4 nitrogen and oxygen atoms in total. The summed E-state index contributed by atoms with van der Waals surface area (Å²) in [5.74, 6) is 0.652. The molecule has 2 aliphatic heterocycles. The normalized spacial score (nSPS) is 33.4. The van der Waals surface area contributed by atoms with Crippen LogP contribution in [0.25, 0.3) is 0 Å². The van der Waals surface area contributed by atoms with E-state index in [-0.39, 0.29) is 5.54 Å². The van der Waals surface area contributed by atoms with Crippen LogP contribution in [-0.4, -0.2) is 45.1 Å². The fourth-order valence-corrected chi connectivity index (χ4v) is 5.68. The smallest absolute Gasteiger partial charge is 0.152 e. The molecule has 2 aliphatic rings. The van der Waals surface area contributed by atoms with E-state index in [9.17, 15) is 8.42 Å². The highest BCUT2D eigenvalue weighted by atomic mass is 32.2. The second kappa shape index (κ2) is 5.70. The Morgan fingerprint density at radius 1 is 1.21 bits per heavy atom. The van der Waals surface area contributed by atoms with E-state index in [1.165, 1.54) is 25.7 Å². The highest BCUT2D eigenvalue weighted by molar-refractivity contribution is 7.91. The zero-order valence-corrected chi connectivity index (χ0v) is 13.1. The minimum absolute atomic E-state index is 0.204. The molecule has 2 fully saturated rings. The van der Waals surface area contributed by atoms with E-state index in [1.54, 1.807) is 0 Å². The summed E-state index contributed by atoms with van der Waals surface area (Å²) in [5, 5.41) is 7.03. The van der Waals surface area contributed by atoms with Crippen LogP contribution in [0.3, 0.4) is 0 Å². The molecule has 19 heavy (non-hydrogen) atoms. The average Bonchev–Trinajstić information content (AvgIpc) is 2.64. The maximum atomic E-state index is 11.7. The summed E-state index contributed by atoms with van der Waals surface area (Å²) >= 11 is 0. The number of hydrogen-bond donors (Lipinski definition) is 2. The molecule has 0 aliphatic carbocycles. The molecule has 1 atom stereocenters. The van der Waals surface area contributed by atoms with Crippen molar-refractivity contribution in [1.82, 2.24) is 10.6 Å². The van der Waals surface area contributed by atoms with Gasteiger partial charge in [0.25, 0.3) is 0 Å². The van der Waals surface area contributed by atoms with Crippen molar-refractivity contribution in [3.05, 3.63) is 0 Å². The molecule has 0 aromatic carbocycles. The van der Waals surface area contributed by atoms with Gasteiger partial charge in [-0.2, -0.15) is 0 Å². The van der Waals surface area contributed by atoms with Gasteiger partial charge in [-0.05, 0) is 51.1 Å². The van der Waals surface area contributed by atoms with Gasteiger partial charge in [-0.25, -0.2) is 8.42 Å². The van der Waals surface area contributed by atoms with Crippen LogP contribution < -0.4 is 10.6 Å². The lowest BCUT2D eigenvalue weighted by atomic mass is 9.75. The molecule has 0 aromatic heterocycles. The van der Waals surface area contributed by atoms with Crippen molar-refractivity contribution in [2.24, 2.45) is 5.41 Å². The van der Waals surface area contributed by atoms with Gasteiger partial charge in [-0.15, -0.1) is 0 Å². The average molecular weight is 288 g/mol. The minimum atomic E-state index is -2.81. The number of sulfone groups is 1. The van der Waals surface area contributed by atoms with Crippen molar-refractivity contribution in [2.75, 3.05) is 31.1 Å². The second-order valence-electron chi connectivity index (χ2n) is 6.76. The number of nitrogens with one attached hydrogen (secondary N) is 2. The second-order valence-corrected chi connectivity index (χ2v) is 8.94. The summed E-state index contributed by atoms with van der Waals surface area (Å²) in [6, 6.07) is 0. The van der Waals surface area contributed by atoms with Gasteiger partial charge in [-0.3, -0.25) is 0 Å². The van der Waals surface area contributed by atoms with E-state index >= 15 is 0 Å². The van der Waals surface area contributed by atoms with Crippen molar-refractivity contribution < 1.29 is 8.42 Å². The lowest BCUT2D eigenvalue weighted by Gasteiger charge is -2.40. The van der Waals surface area contributed by atoms with Gasteiger partial charge >= 0.3 is 0 Å². The standard InChI is InChI=1S/C14H28N2O2S/c1-3-4-14(5-8-15-9-6-14)11-16-13(2)7-10-19(17,18)12-13/h15-16H,3-12H2,1-2H3. The molecule has 0 aromatic rings. The van der Waals surface area contributed by atoms with Crippen molar-refractivity contribution in [1.29, 1.82) is 0 Å². The SMILES string of the molecule is CCCC1(CNC2(C)CCS(=O)(=O)C2)CCNCC1. The predicted molar refractivity (Wildman–Crippen MR) is 79.1 cm³/mol. The Bertz CT molecular complexity index is 396. The molecular weight excluding hydrogens is 260 g/mol. The fourth-order valence-electron chi connectivity index (χ4n) is 3.55. The Morgan fingerprint density at radius 2 is 1.89 bits per heavy atom. The molecule has 1 unspecified atom stereocenters. The summed E-state index contributed by atoms with van der Waals surface area (Å²) in [6.07, 6.45) is 5.62. The van der Waals surface area contributed by atoms with Crippen LogP contribution in [-0.2, 0) is 9.84 Å². The van der Waals surface area contributed by atoms with Crippen LogP contribution in [0.1, 0.15) is 46.0 Å². The van der Waals surface area contributed by atoms with Crippen molar-refractivity contribution >= 4 is 9.84 Å². The van der Waals surface area contributed by atoms with Gasteiger partial charge in [0, 0.05) is 12.1 Å². The third-order valence-corrected chi connectivity index (χ3v) is 6.74. The molecule has 112 valence electrons. The molecule has 0 radical (unpaired) electrons. The van der Waals surface area contributed by atoms with E-state index in [1.807, 2.05) is 0 Å². The van der Waals surface area contributed by atoms with Crippen LogP contribution in [0.2, 0.25) is 0 Å². The molecule has 2 heterocycles. The lowest BCUT2D eigenvalue weighted by Crippen LogP contribution is -2.51. The molecule has 0 bridgehead atoms. The Hall–Kier alpha value is -0.130. The Labute approximate surface area is 117 Å². The van der Waals surface area contributed by atoms with Crippen LogP contribution >= 0.6 is 0 Å². The molecule has 5 heteroatoms. The molecule has 2 rings (SSSR count). The van der Waals surface area contributed by atoms with Gasteiger partial charge in [-0.1, -0.05) is 13.3 Å². The first kappa shape index (κ1) is 15.3. The third kappa shape index (κ3) is 3.92. The maximum Gasteiger partial charge on any atom is 0.152 e. The third-order valence-electron chi connectivity index (χ3n) is 4.84. The largest absolute Gasteiger partial charge is 0.317 e. The van der Waals surface area contributed by atoms with E-state index < -0.39 is 9.84 Å². The van der Waals surface area contributed by atoms with Gasteiger partial charge < -0.3 is 10.6 Å². The van der Waals surface area contributed by atoms with Gasteiger partial charge in [0.15, 0.2) is 9.84 Å². The van der Waals surface area contributed by atoms with Crippen LogP contribution in [0.15, 0.2) is 0 Å². The van der Waals surface area contributed by atoms with Crippen LogP contribution in [0.5, 0.6) is 0 Å². The molecule has 0 spiro atoms. The summed E-state index contributed by atoms with van der Waals surface area (Å²) in [4.78, 5) is 0. The van der Waals surface area contributed by atoms with Crippen molar-refractivity contribution in [3.8, 4) is 0 Å². The van der Waals surface area contributed by atoms with E-state index in [4.69, 9.17) is 0 Å². The molecular formula is C14H28N2O2S. The monoisotopic (exact) mass is 288 g/mol. The van der Waals surface area contributed by atoms with Crippen molar-refractivity contribution in [2.45, 2.75) is 51.5 Å². The molecule has 0 amide bonds. The summed E-state index contributed by atoms with van der Waals surface area (Å²) in [6.45, 7) is 7.46. The van der Waals surface area contributed by atoms with Gasteiger partial charge in [0.1, 0.15) is 0 Å². The topological polar surface area (TPSA) is 58.2 Å². The first-order valence-electron chi connectivity index (χ1n) is 7.55. The van der Waals surface area contributed by atoms with Gasteiger partial charge in [0.2, 0.25) is 0 Å².